The molecule has 0 saturated carbocycles. The first kappa shape index (κ1) is 12.1. The second-order valence-corrected chi connectivity index (χ2v) is 5.37. The molecule has 0 heterocycles. The number of unbranched alkanes of at least 4 members (excludes halogenated alkanes) is 2. The zero-order chi connectivity index (χ0) is 8.53. The summed E-state index contributed by atoms with van der Waals surface area (Å²) < 4.78 is 0. The van der Waals surface area contributed by atoms with Crippen molar-refractivity contribution in [3.05, 3.63) is 0 Å². The normalized spacial score (nSPS) is 13.4. The third-order valence-electron chi connectivity index (χ3n) is 1.87. The number of halogens is 1. The Morgan fingerprint density at radius 3 is 2.27 bits per heavy atom. The van der Waals surface area contributed by atoms with Gasteiger partial charge < -0.3 is 0 Å². The number of hydrogen-bond donors (Lipinski definition) is 0. The average molecular weight is 286 g/mol. The van der Waals surface area contributed by atoms with Crippen LogP contribution in [0.25, 0.3) is 0 Å². The van der Waals surface area contributed by atoms with Gasteiger partial charge in [0, 0.05) is 5.25 Å². The molecule has 68 valence electrons. The molecule has 0 fully saturated rings. The molecule has 0 radical (unpaired) electrons. The van der Waals surface area contributed by atoms with Crippen molar-refractivity contribution in [1.29, 1.82) is 0 Å². The topological polar surface area (TPSA) is 0 Å². The molecule has 0 aromatic carbocycles. The van der Waals surface area contributed by atoms with Gasteiger partial charge >= 0.3 is 0 Å². The Labute approximate surface area is 87.5 Å². The van der Waals surface area contributed by atoms with Crippen molar-refractivity contribution < 1.29 is 0 Å². The summed E-state index contributed by atoms with van der Waals surface area (Å²) in [7, 11) is 2.01. The third kappa shape index (κ3) is 7.44. The Morgan fingerprint density at radius 2 is 1.82 bits per heavy atom. The van der Waals surface area contributed by atoms with Gasteiger partial charge in [-0.15, -0.1) is 0 Å². The number of rotatable bonds is 7. The van der Waals surface area contributed by atoms with Gasteiger partial charge in [0.25, 0.3) is 0 Å². The van der Waals surface area contributed by atoms with Crippen LogP contribution in [0.3, 0.4) is 0 Å². The first-order chi connectivity index (χ1) is 5.35. The average Bonchev–Trinajstić information content (AvgIpc) is 2.03. The van der Waals surface area contributed by atoms with Crippen molar-refractivity contribution in [3.63, 3.8) is 0 Å². The summed E-state index contributed by atoms with van der Waals surface area (Å²) in [5, 5.41) is 0.923. The van der Waals surface area contributed by atoms with E-state index in [0.717, 1.165) is 5.25 Å². The Hall–Kier alpha value is 1.08. The van der Waals surface area contributed by atoms with E-state index in [2.05, 4.69) is 35.1 Å². The molecule has 0 saturated heterocycles. The monoisotopic (exact) mass is 286 g/mol. The Kier molecular flexibility index (Phi) is 10.1. The minimum Gasteiger partial charge on any atom is -0.0860 e. The molecule has 0 aromatic heterocycles. The van der Waals surface area contributed by atoms with Crippen LogP contribution in [0.5, 0.6) is 0 Å². The van der Waals surface area contributed by atoms with E-state index in [0.29, 0.717) is 0 Å². The molecule has 1 atom stereocenters. The predicted octanol–water partition coefficient (Wildman–Crippen LogP) is 4.82. The zero-order valence-corrected chi connectivity index (χ0v) is 10.6. The van der Waals surface area contributed by atoms with Crippen LogP contribution in [0.2, 0.25) is 0 Å². The Morgan fingerprint density at radius 1 is 1.09 bits per heavy atom. The van der Waals surface area contributed by atoms with Crippen LogP contribution < -0.4 is 0 Å². The van der Waals surface area contributed by atoms with Crippen molar-refractivity contribution in [3.8, 4) is 0 Å². The molecule has 0 spiro atoms. The predicted molar refractivity (Wildman–Crippen MR) is 64.4 cm³/mol. The van der Waals surface area contributed by atoms with Gasteiger partial charge in [-0.1, -0.05) is 48.5 Å². The fraction of sp³-hybridized carbons (Fsp3) is 1.00. The van der Waals surface area contributed by atoms with Crippen molar-refractivity contribution in [1.82, 2.24) is 0 Å². The summed E-state index contributed by atoms with van der Waals surface area (Å²) in [6, 6.07) is 0. The quantitative estimate of drug-likeness (QED) is 0.477. The van der Waals surface area contributed by atoms with Gasteiger partial charge in [0.05, 0.1) is 0 Å². The van der Waals surface area contributed by atoms with E-state index in [4.69, 9.17) is 0 Å². The molecule has 1 unspecified atom stereocenters. The molecule has 0 aromatic rings. The van der Waals surface area contributed by atoms with Crippen molar-refractivity contribution in [2.45, 2.75) is 57.6 Å². The highest BCUT2D eigenvalue weighted by Crippen LogP contribution is 2.27. The van der Waals surface area contributed by atoms with E-state index < -0.39 is 0 Å². The van der Waals surface area contributed by atoms with E-state index in [1.165, 1.54) is 38.5 Å². The second-order valence-electron chi connectivity index (χ2n) is 3.00. The largest absolute Gasteiger partial charge is 0.0860 e. The van der Waals surface area contributed by atoms with E-state index in [1.54, 1.807) is 0 Å². The van der Waals surface area contributed by atoms with Gasteiger partial charge in [0.15, 0.2) is 0 Å². The van der Waals surface area contributed by atoms with Crippen LogP contribution >= 0.6 is 30.1 Å². The molecule has 0 rings (SSSR count). The molecule has 0 aliphatic carbocycles. The highest BCUT2D eigenvalue weighted by atomic mass is 127. The molecule has 0 amide bonds. The van der Waals surface area contributed by atoms with Crippen LogP contribution in [0.4, 0.5) is 0 Å². The Bertz CT molecular complexity index is 76.0. The Balaban J connectivity index is 3.20. The maximum absolute atomic E-state index is 2.44. The molecule has 11 heavy (non-hydrogen) atoms. The fourth-order valence-corrected chi connectivity index (χ4v) is 3.28. The van der Waals surface area contributed by atoms with Crippen molar-refractivity contribution in [2.75, 3.05) is 0 Å². The highest BCUT2D eigenvalue weighted by molar-refractivity contribution is 14.2. The fourth-order valence-electron chi connectivity index (χ4n) is 1.18. The molecule has 0 aliphatic heterocycles. The van der Waals surface area contributed by atoms with Gasteiger partial charge in [-0.05, 0) is 34.0 Å². The third-order valence-corrected chi connectivity index (χ3v) is 4.75. The van der Waals surface area contributed by atoms with Crippen LogP contribution in [0, 0.1) is 0 Å². The number of hydrogen-bond acceptors (Lipinski definition) is 1. The molecule has 0 N–H and O–H groups in total. The molecule has 0 nitrogen and oxygen atoms in total. The SMILES string of the molecule is CCCCCC(CCC)SI. The maximum Gasteiger partial charge on any atom is 0.0147 e. The lowest BCUT2D eigenvalue weighted by Crippen LogP contribution is -1.98. The van der Waals surface area contributed by atoms with Crippen LogP contribution in [0.1, 0.15) is 52.4 Å². The highest BCUT2D eigenvalue weighted by Gasteiger charge is 2.04. The van der Waals surface area contributed by atoms with Crippen molar-refractivity contribution >= 4 is 30.1 Å². The van der Waals surface area contributed by atoms with E-state index in [-0.39, 0.29) is 0 Å². The molecular weight excluding hydrogens is 267 g/mol. The molecule has 2 heteroatoms. The van der Waals surface area contributed by atoms with Gasteiger partial charge in [0.2, 0.25) is 0 Å². The summed E-state index contributed by atoms with van der Waals surface area (Å²) in [6.45, 7) is 4.55. The van der Waals surface area contributed by atoms with Crippen molar-refractivity contribution in [2.24, 2.45) is 0 Å². The zero-order valence-electron chi connectivity index (χ0n) is 7.61. The van der Waals surface area contributed by atoms with E-state index in [9.17, 15) is 0 Å². The molecular formula is C9H19IS. The van der Waals surface area contributed by atoms with Gasteiger partial charge in [0.1, 0.15) is 0 Å². The smallest absolute Gasteiger partial charge is 0.0147 e. The maximum atomic E-state index is 2.44. The van der Waals surface area contributed by atoms with Crippen LogP contribution in [-0.4, -0.2) is 5.25 Å². The summed E-state index contributed by atoms with van der Waals surface area (Å²) in [4.78, 5) is 0. The summed E-state index contributed by atoms with van der Waals surface area (Å²) in [6.07, 6.45) is 8.36. The summed E-state index contributed by atoms with van der Waals surface area (Å²) >= 11 is 2.44. The summed E-state index contributed by atoms with van der Waals surface area (Å²) in [5.74, 6) is 0. The lowest BCUT2D eigenvalue weighted by atomic mass is 10.1. The lowest BCUT2D eigenvalue weighted by molar-refractivity contribution is 0.616. The van der Waals surface area contributed by atoms with Crippen LogP contribution in [-0.2, 0) is 0 Å². The summed E-state index contributed by atoms with van der Waals surface area (Å²) in [5.41, 5.74) is 0. The van der Waals surface area contributed by atoms with E-state index in [1.807, 2.05) is 8.93 Å². The standard InChI is InChI=1S/C9H19IS/c1-3-5-6-8-9(11-10)7-4-2/h9H,3-8H2,1-2H3. The second kappa shape index (κ2) is 9.17. The van der Waals surface area contributed by atoms with E-state index >= 15 is 0 Å². The van der Waals surface area contributed by atoms with Gasteiger partial charge in [-0.25, -0.2) is 0 Å². The minimum atomic E-state index is 0.923. The first-order valence-electron chi connectivity index (χ1n) is 4.62. The first-order valence-corrected chi connectivity index (χ1v) is 8.04. The van der Waals surface area contributed by atoms with Gasteiger partial charge in [-0.3, -0.25) is 0 Å². The van der Waals surface area contributed by atoms with Gasteiger partial charge in [-0.2, -0.15) is 0 Å². The lowest BCUT2D eigenvalue weighted by Gasteiger charge is -2.10. The molecule has 0 bridgehead atoms. The minimum absolute atomic E-state index is 0.923. The molecule has 0 aliphatic rings. The van der Waals surface area contributed by atoms with Crippen LogP contribution in [0.15, 0.2) is 0 Å².